The zero-order valence-electron chi connectivity index (χ0n) is 2.88. The summed E-state index contributed by atoms with van der Waals surface area (Å²) < 4.78 is 13.6. The van der Waals surface area contributed by atoms with E-state index in [2.05, 4.69) is 14.0 Å². The summed E-state index contributed by atoms with van der Waals surface area (Å²) in [5.74, 6) is 0. The van der Waals surface area contributed by atoms with Gasteiger partial charge in [-0.05, 0) is 0 Å². The van der Waals surface area contributed by atoms with Crippen LogP contribution in [0.1, 0.15) is 0 Å². The minimum absolute atomic E-state index is 0.449. The molecule has 3 fully saturated rings. The van der Waals surface area contributed by atoms with Gasteiger partial charge in [0.05, 0.1) is 0 Å². The summed E-state index contributed by atoms with van der Waals surface area (Å²) in [7, 11) is -0.449. The van der Waals surface area contributed by atoms with Gasteiger partial charge in [-0.3, -0.25) is 5.73 Å². The molecular weight excluding hydrogens is 84.8 g/mol. The molecule has 5 heteroatoms. The molecule has 0 amide bonds. The first-order valence-electron chi connectivity index (χ1n) is 1.61. The molecule has 0 aliphatic carbocycles. The highest BCUT2D eigenvalue weighted by Crippen LogP contribution is 2.36. The van der Waals surface area contributed by atoms with Crippen molar-refractivity contribution in [2.75, 3.05) is 0 Å². The maximum absolute atomic E-state index is 5.02. The minimum atomic E-state index is -1.13. The second kappa shape index (κ2) is 0.528. The van der Waals surface area contributed by atoms with Gasteiger partial charge in [0.1, 0.15) is 0 Å². The molecule has 3 rings (SSSR count). The summed E-state index contributed by atoms with van der Waals surface area (Å²) in [4.78, 5) is 0. The fourth-order valence-corrected chi connectivity index (χ4v) is 0.429. The molecule has 0 atom stereocenters. The van der Waals surface area contributed by atoms with Crippen LogP contribution >= 0.6 is 0 Å². The van der Waals surface area contributed by atoms with Crippen molar-refractivity contribution in [1.82, 2.24) is 0 Å². The molecule has 0 unspecified atom stereocenters. The van der Waals surface area contributed by atoms with E-state index >= 15 is 0 Å². The Hall–Kier alpha value is -0.0951. The van der Waals surface area contributed by atoms with Gasteiger partial charge in [0.2, 0.25) is 0 Å². The SMILES string of the molecule is NC12OB(O1)O2. The quantitative estimate of drug-likeness (QED) is 0.370. The molecule has 0 spiro atoms. The molecule has 2 bridgehead atoms. The molecule has 3 heterocycles. The third kappa shape index (κ3) is 0.148. The van der Waals surface area contributed by atoms with Crippen molar-refractivity contribution in [3.05, 3.63) is 0 Å². The average Bonchev–Trinajstić information content (AvgIpc) is 1.24. The van der Waals surface area contributed by atoms with Gasteiger partial charge in [-0.15, -0.1) is 0 Å². The summed E-state index contributed by atoms with van der Waals surface area (Å²) in [6.07, 6.45) is -1.13. The predicted octanol–water partition coefficient (Wildman–Crippen LogP) is -1.38. The molecule has 0 saturated carbocycles. The first-order chi connectivity index (χ1) is 2.79. The summed E-state index contributed by atoms with van der Waals surface area (Å²) >= 11 is 0. The zero-order valence-corrected chi connectivity index (χ0v) is 2.88. The van der Waals surface area contributed by atoms with Crippen molar-refractivity contribution >= 4 is 7.32 Å². The Labute approximate surface area is 34.3 Å². The van der Waals surface area contributed by atoms with Crippen LogP contribution in [0.4, 0.5) is 0 Å². The van der Waals surface area contributed by atoms with Crippen LogP contribution < -0.4 is 5.73 Å². The van der Waals surface area contributed by atoms with Gasteiger partial charge in [-0.25, -0.2) is 0 Å². The number of hydrogen-bond acceptors (Lipinski definition) is 4. The predicted molar refractivity (Wildman–Crippen MR) is 15.9 cm³/mol. The Morgan fingerprint density at radius 3 is 1.67 bits per heavy atom. The lowest BCUT2D eigenvalue weighted by molar-refractivity contribution is -0.458. The second-order valence-electron chi connectivity index (χ2n) is 1.25. The Morgan fingerprint density at radius 1 is 1.33 bits per heavy atom. The first-order valence-corrected chi connectivity index (χ1v) is 1.61. The monoisotopic (exact) mass is 87.0 g/mol. The van der Waals surface area contributed by atoms with Crippen LogP contribution in [0, 0.1) is 0 Å². The summed E-state index contributed by atoms with van der Waals surface area (Å²) in [6.45, 7) is 0. The lowest BCUT2D eigenvalue weighted by Crippen LogP contribution is -2.79. The summed E-state index contributed by atoms with van der Waals surface area (Å²) in [6, 6.07) is 0. The van der Waals surface area contributed by atoms with Gasteiger partial charge in [0.15, 0.2) is 0 Å². The Bertz CT molecular complexity index is 77.8. The third-order valence-corrected chi connectivity index (χ3v) is 0.781. The maximum atomic E-state index is 5.02. The molecule has 6 heavy (non-hydrogen) atoms. The van der Waals surface area contributed by atoms with Crippen molar-refractivity contribution in [1.29, 1.82) is 0 Å². The van der Waals surface area contributed by atoms with Gasteiger partial charge in [0.25, 0.3) is 0 Å². The summed E-state index contributed by atoms with van der Waals surface area (Å²) in [5.41, 5.74) is 5.02. The van der Waals surface area contributed by atoms with Crippen molar-refractivity contribution in [3.63, 3.8) is 0 Å². The molecule has 3 aliphatic rings. The highest BCUT2D eigenvalue weighted by Gasteiger charge is 2.67. The molecule has 0 aromatic heterocycles. The summed E-state index contributed by atoms with van der Waals surface area (Å²) in [5, 5.41) is 0. The van der Waals surface area contributed by atoms with Crippen LogP contribution in [0.3, 0.4) is 0 Å². The van der Waals surface area contributed by atoms with Crippen molar-refractivity contribution in [2.45, 2.75) is 6.10 Å². The zero-order chi connectivity index (χ0) is 4.20. The van der Waals surface area contributed by atoms with Crippen LogP contribution in [-0.4, -0.2) is 13.4 Å². The van der Waals surface area contributed by atoms with Gasteiger partial charge in [-0.2, -0.15) is 0 Å². The fraction of sp³-hybridized carbons (Fsp3) is 1.00. The van der Waals surface area contributed by atoms with E-state index in [9.17, 15) is 0 Å². The fourth-order valence-electron chi connectivity index (χ4n) is 0.429. The van der Waals surface area contributed by atoms with Gasteiger partial charge in [0, 0.05) is 0 Å². The number of hydrogen-bond donors (Lipinski definition) is 1. The van der Waals surface area contributed by atoms with Crippen molar-refractivity contribution in [2.24, 2.45) is 5.73 Å². The van der Waals surface area contributed by atoms with E-state index in [1.807, 2.05) is 0 Å². The van der Waals surface area contributed by atoms with Crippen LogP contribution in [0.25, 0.3) is 0 Å². The van der Waals surface area contributed by atoms with Gasteiger partial charge < -0.3 is 14.0 Å². The standard InChI is InChI=1S/CH2BNO3/c3-1-4-2(5-1)6-1/h3H2. The van der Waals surface area contributed by atoms with E-state index in [0.29, 0.717) is 0 Å². The van der Waals surface area contributed by atoms with E-state index in [0.717, 1.165) is 0 Å². The molecular formula is CH2BNO3. The van der Waals surface area contributed by atoms with E-state index in [1.165, 1.54) is 0 Å². The lowest BCUT2D eigenvalue weighted by atomic mass is 10.1. The molecule has 0 radical (unpaired) electrons. The third-order valence-electron chi connectivity index (χ3n) is 0.781. The topological polar surface area (TPSA) is 53.7 Å². The number of rotatable bonds is 0. The van der Waals surface area contributed by atoms with Gasteiger partial charge >= 0.3 is 13.4 Å². The van der Waals surface area contributed by atoms with Crippen LogP contribution in [0.15, 0.2) is 0 Å². The Kier molecular flexibility index (Phi) is 0.262. The minimum Gasteiger partial charge on any atom is -0.322 e. The highest BCUT2D eigenvalue weighted by molar-refractivity contribution is 6.43. The maximum Gasteiger partial charge on any atom is 0.654 e. The molecule has 3 saturated heterocycles. The number of nitrogens with two attached hydrogens (primary N) is 1. The molecule has 0 aromatic rings. The van der Waals surface area contributed by atoms with Crippen molar-refractivity contribution in [3.8, 4) is 0 Å². The molecule has 4 nitrogen and oxygen atoms in total. The molecule has 3 aliphatic heterocycles. The van der Waals surface area contributed by atoms with Crippen LogP contribution in [0.2, 0.25) is 0 Å². The molecule has 32 valence electrons. The van der Waals surface area contributed by atoms with E-state index in [1.54, 1.807) is 0 Å². The molecule has 2 N–H and O–H groups in total. The normalized spacial score (nSPS) is 34.5. The first kappa shape index (κ1) is 2.98. The highest BCUT2D eigenvalue weighted by atomic mass is 17.1. The van der Waals surface area contributed by atoms with Gasteiger partial charge in [-0.1, -0.05) is 0 Å². The Morgan fingerprint density at radius 2 is 1.67 bits per heavy atom. The van der Waals surface area contributed by atoms with Crippen LogP contribution in [0.5, 0.6) is 0 Å². The van der Waals surface area contributed by atoms with E-state index in [4.69, 9.17) is 5.73 Å². The smallest absolute Gasteiger partial charge is 0.322 e. The van der Waals surface area contributed by atoms with Crippen molar-refractivity contribution < 1.29 is 14.0 Å². The average molecular weight is 86.8 g/mol. The van der Waals surface area contributed by atoms with E-state index < -0.39 is 13.4 Å². The largest absolute Gasteiger partial charge is 0.654 e. The second-order valence-corrected chi connectivity index (χ2v) is 1.25. The molecule has 0 aromatic carbocycles. The lowest BCUT2D eigenvalue weighted by Gasteiger charge is -2.52. The Balaban J connectivity index is 2.19. The van der Waals surface area contributed by atoms with Crippen LogP contribution in [-0.2, 0) is 14.0 Å². The van der Waals surface area contributed by atoms with E-state index in [-0.39, 0.29) is 0 Å².